The first-order chi connectivity index (χ1) is 15.3. The molecular formula is C21H22F3N5O2S. The number of thiazole rings is 1. The van der Waals surface area contributed by atoms with Crippen LogP contribution in [0.1, 0.15) is 42.1 Å². The molecular weight excluding hydrogens is 443 g/mol. The van der Waals surface area contributed by atoms with E-state index < -0.39 is 42.0 Å². The summed E-state index contributed by atoms with van der Waals surface area (Å²) in [7, 11) is 1.69. The smallest absolute Gasteiger partial charge is 0.275 e. The van der Waals surface area contributed by atoms with E-state index in [-0.39, 0.29) is 16.3 Å². The van der Waals surface area contributed by atoms with Crippen molar-refractivity contribution in [3.05, 3.63) is 52.8 Å². The van der Waals surface area contributed by atoms with E-state index in [0.717, 1.165) is 23.5 Å². The Morgan fingerprint density at radius 2 is 2.03 bits per heavy atom. The van der Waals surface area contributed by atoms with Crippen molar-refractivity contribution in [2.45, 2.75) is 44.2 Å². The molecule has 4 rings (SSSR count). The molecule has 2 aromatic heterocycles. The normalized spacial score (nSPS) is 23.7. The molecule has 1 fully saturated rings. The molecule has 170 valence electrons. The van der Waals surface area contributed by atoms with Gasteiger partial charge in [-0.3, -0.25) is 9.48 Å². The van der Waals surface area contributed by atoms with Crippen LogP contribution in [0.4, 0.5) is 18.9 Å². The van der Waals surface area contributed by atoms with Gasteiger partial charge in [0.05, 0.1) is 29.2 Å². The van der Waals surface area contributed by atoms with Crippen molar-refractivity contribution in [2.75, 3.05) is 5.32 Å². The number of nitrogens with one attached hydrogen (secondary N) is 1. The molecule has 0 radical (unpaired) electrons. The van der Waals surface area contributed by atoms with E-state index in [1.165, 1.54) is 17.6 Å². The average molecular weight is 466 g/mol. The zero-order valence-corrected chi connectivity index (χ0v) is 18.2. The lowest BCUT2D eigenvalue weighted by molar-refractivity contribution is -0.0363. The molecule has 0 bridgehead atoms. The Morgan fingerprint density at radius 1 is 1.31 bits per heavy atom. The second-order valence-corrected chi connectivity index (χ2v) is 8.53. The second-order valence-electron chi connectivity index (χ2n) is 7.67. The fourth-order valence-electron chi connectivity index (χ4n) is 3.76. The van der Waals surface area contributed by atoms with Gasteiger partial charge in [0.25, 0.3) is 5.91 Å². The van der Waals surface area contributed by atoms with Crippen LogP contribution < -0.4 is 11.1 Å². The molecule has 3 aromatic rings. The van der Waals surface area contributed by atoms with Gasteiger partial charge in [0.1, 0.15) is 34.6 Å². The zero-order valence-electron chi connectivity index (χ0n) is 17.4. The van der Waals surface area contributed by atoms with E-state index in [9.17, 15) is 18.0 Å². The van der Waals surface area contributed by atoms with Crippen molar-refractivity contribution >= 4 is 22.9 Å². The Bertz CT molecular complexity index is 1110. The summed E-state index contributed by atoms with van der Waals surface area (Å²) in [6.45, 7) is 1.62. The first-order valence-electron chi connectivity index (χ1n) is 10.0. The van der Waals surface area contributed by atoms with Crippen molar-refractivity contribution in [3.63, 3.8) is 0 Å². The minimum atomic E-state index is -1.29. The predicted octanol–water partition coefficient (Wildman–Crippen LogP) is 3.98. The highest BCUT2D eigenvalue weighted by molar-refractivity contribution is 7.13. The maximum Gasteiger partial charge on any atom is 0.275 e. The Kier molecular flexibility index (Phi) is 6.31. The van der Waals surface area contributed by atoms with Crippen LogP contribution in [0.2, 0.25) is 0 Å². The van der Waals surface area contributed by atoms with E-state index in [4.69, 9.17) is 10.5 Å². The van der Waals surface area contributed by atoms with Crippen LogP contribution in [0.5, 0.6) is 0 Å². The molecule has 7 nitrogen and oxygen atoms in total. The maximum absolute atomic E-state index is 14.3. The molecule has 0 saturated carbocycles. The number of benzene rings is 1. The predicted molar refractivity (Wildman–Crippen MR) is 114 cm³/mol. The van der Waals surface area contributed by atoms with Crippen LogP contribution in [0, 0.1) is 11.6 Å². The van der Waals surface area contributed by atoms with Crippen LogP contribution >= 0.6 is 11.3 Å². The number of hydrogen-bond donors (Lipinski definition) is 2. The van der Waals surface area contributed by atoms with Gasteiger partial charge in [-0.05, 0) is 31.9 Å². The van der Waals surface area contributed by atoms with E-state index in [1.54, 1.807) is 18.7 Å². The molecule has 4 unspecified atom stereocenters. The van der Waals surface area contributed by atoms with Crippen LogP contribution in [0.15, 0.2) is 29.8 Å². The summed E-state index contributed by atoms with van der Waals surface area (Å²) in [6, 6.07) is 2.88. The number of hydrogen-bond acceptors (Lipinski definition) is 6. The number of amides is 1. The molecule has 1 aromatic carbocycles. The lowest BCUT2D eigenvalue weighted by Gasteiger charge is -2.22. The van der Waals surface area contributed by atoms with Crippen molar-refractivity contribution in [3.8, 4) is 10.6 Å². The van der Waals surface area contributed by atoms with Crippen molar-refractivity contribution in [1.29, 1.82) is 0 Å². The van der Waals surface area contributed by atoms with Gasteiger partial charge >= 0.3 is 0 Å². The highest BCUT2D eigenvalue weighted by Gasteiger charge is 2.34. The standard InChI is InChI=1S/C21H22F3N5O2S/c1-10-18(24)13(25)6-7-16(31-10)19-14(8-26-29(19)2)27-20(30)15-9-32-21(28-15)17-11(22)4-3-5-12(17)23/h3-5,8-10,13,16,18H,6-7,25H2,1-2H3,(H,27,30). The first-order valence-corrected chi connectivity index (χ1v) is 10.9. The third kappa shape index (κ3) is 4.27. The van der Waals surface area contributed by atoms with Crippen LogP contribution in [0.25, 0.3) is 10.6 Å². The monoisotopic (exact) mass is 465 g/mol. The number of aromatic nitrogens is 3. The first kappa shape index (κ1) is 22.4. The third-order valence-corrected chi connectivity index (χ3v) is 6.31. The van der Waals surface area contributed by atoms with Gasteiger partial charge in [-0.1, -0.05) is 6.07 Å². The number of aryl methyl sites for hydroxylation is 1. The van der Waals surface area contributed by atoms with Gasteiger partial charge in [0, 0.05) is 18.5 Å². The van der Waals surface area contributed by atoms with E-state index in [0.29, 0.717) is 24.2 Å². The molecule has 1 saturated heterocycles. The quantitative estimate of drug-likeness (QED) is 0.608. The van der Waals surface area contributed by atoms with Crippen molar-refractivity contribution in [1.82, 2.24) is 14.8 Å². The largest absolute Gasteiger partial charge is 0.366 e. The Morgan fingerprint density at radius 3 is 2.75 bits per heavy atom. The van der Waals surface area contributed by atoms with Gasteiger partial charge in [0.15, 0.2) is 0 Å². The van der Waals surface area contributed by atoms with Gasteiger partial charge in [-0.25, -0.2) is 18.2 Å². The van der Waals surface area contributed by atoms with Gasteiger partial charge in [-0.2, -0.15) is 5.10 Å². The number of rotatable bonds is 4. The van der Waals surface area contributed by atoms with Crippen LogP contribution in [-0.2, 0) is 11.8 Å². The van der Waals surface area contributed by atoms with E-state index in [1.807, 2.05) is 0 Å². The minimum Gasteiger partial charge on any atom is -0.366 e. The lowest BCUT2D eigenvalue weighted by Crippen LogP contribution is -2.37. The molecule has 3 N–H and O–H groups in total. The highest BCUT2D eigenvalue weighted by atomic mass is 32.1. The molecule has 1 aliphatic heterocycles. The molecule has 0 aliphatic carbocycles. The Balaban J connectivity index is 1.56. The molecule has 11 heteroatoms. The van der Waals surface area contributed by atoms with Gasteiger partial charge < -0.3 is 15.8 Å². The number of carbonyl (C=O) groups is 1. The summed E-state index contributed by atoms with van der Waals surface area (Å²) in [6.07, 6.45) is -0.188. The molecule has 1 amide bonds. The number of carbonyl (C=O) groups excluding carboxylic acids is 1. The Labute approximate surface area is 186 Å². The van der Waals surface area contributed by atoms with Gasteiger partial charge in [-0.15, -0.1) is 11.3 Å². The van der Waals surface area contributed by atoms with Crippen LogP contribution in [0.3, 0.4) is 0 Å². The summed E-state index contributed by atoms with van der Waals surface area (Å²) in [5.74, 6) is -2.09. The average Bonchev–Trinajstić information content (AvgIpc) is 3.34. The van der Waals surface area contributed by atoms with Crippen LogP contribution in [-0.4, -0.2) is 39.0 Å². The fourth-order valence-corrected chi connectivity index (χ4v) is 4.61. The van der Waals surface area contributed by atoms with E-state index >= 15 is 0 Å². The fraction of sp³-hybridized carbons (Fsp3) is 0.381. The van der Waals surface area contributed by atoms with Crippen molar-refractivity contribution in [2.24, 2.45) is 12.8 Å². The number of halogens is 3. The highest BCUT2D eigenvalue weighted by Crippen LogP contribution is 2.35. The summed E-state index contributed by atoms with van der Waals surface area (Å²) in [4.78, 5) is 16.9. The SMILES string of the molecule is CC1OC(c2c(NC(=O)c3csc(-c4c(F)cccc4F)n3)cnn2C)CCC(N)C1F. The topological polar surface area (TPSA) is 95.1 Å². The lowest BCUT2D eigenvalue weighted by atomic mass is 10.0. The third-order valence-electron chi connectivity index (χ3n) is 5.45. The molecule has 1 aliphatic rings. The zero-order chi connectivity index (χ0) is 23.0. The molecule has 0 spiro atoms. The van der Waals surface area contributed by atoms with E-state index in [2.05, 4.69) is 15.4 Å². The summed E-state index contributed by atoms with van der Waals surface area (Å²) in [5, 5.41) is 8.39. The number of ether oxygens (including phenoxy) is 1. The number of alkyl halides is 1. The van der Waals surface area contributed by atoms with Gasteiger partial charge in [0.2, 0.25) is 0 Å². The summed E-state index contributed by atoms with van der Waals surface area (Å²) in [5.41, 5.74) is 6.56. The Hall–Kier alpha value is -2.76. The van der Waals surface area contributed by atoms with Crippen molar-refractivity contribution < 1.29 is 22.7 Å². The second kappa shape index (κ2) is 9.00. The summed E-state index contributed by atoms with van der Waals surface area (Å²) < 4.78 is 49.8. The number of anilines is 1. The molecule has 4 atom stereocenters. The number of nitrogens with two attached hydrogens (primary N) is 1. The minimum absolute atomic E-state index is 0.00320. The maximum atomic E-state index is 14.3. The molecule has 3 heterocycles. The molecule has 32 heavy (non-hydrogen) atoms. The number of nitrogens with zero attached hydrogens (tertiary/aromatic N) is 3. The summed E-state index contributed by atoms with van der Waals surface area (Å²) >= 11 is 0.958.